The maximum Gasteiger partial charge on any atom is 0.132 e. The topological polar surface area (TPSA) is 37.3 Å². The van der Waals surface area contributed by atoms with Crippen molar-refractivity contribution in [2.45, 2.75) is 38.7 Å². The largest absolute Gasteiger partial charge is 0.393 e. The van der Waals surface area contributed by atoms with Gasteiger partial charge in [0, 0.05) is 5.92 Å². The third-order valence-electron chi connectivity index (χ3n) is 2.27. The average molecular weight is 142 g/mol. The summed E-state index contributed by atoms with van der Waals surface area (Å²) in [6.45, 7) is 1.64. The number of aliphatic hydroxyl groups excluding tert-OH is 1. The molecule has 0 aromatic heterocycles. The van der Waals surface area contributed by atoms with E-state index in [0.717, 1.165) is 25.7 Å². The van der Waals surface area contributed by atoms with Gasteiger partial charge in [0.1, 0.15) is 5.78 Å². The molecule has 0 aromatic rings. The van der Waals surface area contributed by atoms with E-state index in [-0.39, 0.29) is 17.8 Å². The Bertz CT molecular complexity index is 123. The number of rotatable bonds is 1. The van der Waals surface area contributed by atoms with Gasteiger partial charge in [0.25, 0.3) is 0 Å². The second-order valence-electron chi connectivity index (χ2n) is 3.12. The fourth-order valence-electron chi connectivity index (χ4n) is 1.48. The highest BCUT2D eigenvalue weighted by Crippen LogP contribution is 2.24. The molecule has 0 saturated heterocycles. The molecule has 0 radical (unpaired) electrons. The zero-order chi connectivity index (χ0) is 7.56. The van der Waals surface area contributed by atoms with Crippen LogP contribution in [0.15, 0.2) is 0 Å². The molecule has 58 valence electrons. The zero-order valence-electron chi connectivity index (χ0n) is 6.34. The van der Waals surface area contributed by atoms with Gasteiger partial charge in [-0.3, -0.25) is 4.79 Å². The van der Waals surface area contributed by atoms with Gasteiger partial charge in [-0.15, -0.1) is 0 Å². The van der Waals surface area contributed by atoms with Crippen LogP contribution in [0, 0.1) is 5.92 Å². The molecule has 0 unspecified atom stereocenters. The number of ketones is 1. The van der Waals surface area contributed by atoms with E-state index in [1.807, 2.05) is 0 Å². The first kappa shape index (κ1) is 7.73. The van der Waals surface area contributed by atoms with Crippen molar-refractivity contribution >= 4 is 5.78 Å². The normalized spacial score (nSPS) is 33.8. The van der Waals surface area contributed by atoms with E-state index in [1.54, 1.807) is 6.92 Å². The Labute approximate surface area is 61.2 Å². The number of hydrogen-bond donors (Lipinski definition) is 1. The highest BCUT2D eigenvalue weighted by molar-refractivity contribution is 5.78. The van der Waals surface area contributed by atoms with Gasteiger partial charge < -0.3 is 5.11 Å². The molecule has 0 atom stereocenters. The number of hydrogen-bond acceptors (Lipinski definition) is 2. The Kier molecular flexibility index (Phi) is 2.44. The smallest absolute Gasteiger partial charge is 0.132 e. The summed E-state index contributed by atoms with van der Waals surface area (Å²) in [7, 11) is 0. The highest BCUT2D eigenvalue weighted by Gasteiger charge is 2.21. The summed E-state index contributed by atoms with van der Waals surface area (Å²) < 4.78 is 0. The fraction of sp³-hybridized carbons (Fsp3) is 0.875. The van der Waals surface area contributed by atoms with E-state index in [0.29, 0.717) is 0 Å². The summed E-state index contributed by atoms with van der Waals surface area (Å²) in [4.78, 5) is 10.8. The molecule has 0 amide bonds. The van der Waals surface area contributed by atoms with Gasteiger partial charge in [-0.1, -0.05) is 0 Å². The Morgan fingerprint density at radius 3 is 2.20 bits per heavy atom. The van der Waals surface area contributed by atoms with Crippen LogP contribution in [-0.2, 0) is 4.79 Å². The molecule has 10 heavy (non-hydrogen) atoms. The maximum absolute atomic E-state index is 10.8. The average Bonchev–Trinajstić information content (AvgIpc) is 1.88. The fourth-order valence-corrected chi connectivity index (χ4v) is 1.48. The predicted octanol–water partition coefficient (Wildman–Crippen LogP) is 1.13. The van der Waals surface area contributed by atoms with Crippen LogP contribution in [0.2, 0.25) is 0 Å². The summed E-state index contributed by atoms with van der Waals surface area (Å²) in [5, 5.41) is 9.10. The van der Waals surface area contributed by atoms with E-state index in [1.165, 1.54) is 0 Å². The molecule has 1 N–H and O–H groups in total. The minimum absolute atomic E-state index is 0.143. The maximum atomic E-state index is 10.8. The molecular formula is C8H14O2. The molecule has 0 aliphatic heterocycles. The van der Waals surface area contributed by atoms with Crippen molar-refractivity contribution < 1.29 is 9.90 Å². The summed E-state index contributed by atoms with van der Waals surface area (Å²) in [6, 6.07) is 0. The van der Waals surface area contributed by atoms with Gasteiger partial charge >= 0.3 is 0 Å². The van der Waals surface area contributed by atoms with E-state index in [4.69, 9.17) is 5.11 Å². The third kappa shape index (κ3) is 1.81. The Morgan fingerprint density at radius 1 is 1.30 bits per heavy atom. The first-order valence-corrected chi connectivity index (χ1v) is 3.88. The van der Waals surface area contributed by atoms with Crippen molar-refractivity contribution in [1.82, 2.24) is 0 Å². The molecule has 1 aliphatic rings. The summed E-state index contributed by atoms with van der Waals surface area (Å²) in [6.07, 6.45) is 3.25. The van der Waals surface area contributed by atoms with Crippen molar-refractivity contribution in [3.8, 4) is 0 Å². The van der Waals surface area contributed by atoms with Crippen molar-refractivity contribution in [1.29, 1.82) is 0 Å². The van der Waals surface area contributed by atoms with E-state index in [9.17, 15) is 4.79 Å². The molecule has 1 fully saturated rings. The lowest BCUT2D eigenvalue weighted by atomic mass is 9.85. The van der Waals surface area contributed by atoms with Crippen LogP contribution in [0.25, 0.3) is 0 Å². The first-order chi connectivity index (χ1) is 4.70. The van der Waals surface area contributed by atoms with Gasteiger partial charge in [0.15, 0.2) is 0 Å². The molecule has 2 heteroatoms. The quantitative estimate of drug-likeness (QED) is 0.595. The Balaban J connectivity index is 2.33. The molecule has 2 nitrogen and oxygen atoms in total. The van der Waals surface area contributed by atoms with Crippen LogP contribution in [0.1, 0.15) is 32.6 Å². The molecule has 1 saturated carbocycles. The number of carbonyl (C=O) groups is 1. The summed E-state index contributed by atoms with van der Waals surface area (Å²) >= 11 is 0. The lowest BCUT2D eigenvalue weighted by molar-refractivity contribution is -0.122. The predicted molar refractivity (Wildman–Crippen MR) is 38.6 cm³/mol. The highest BCUT2D eigenvalue weighted by atomic mass is 16.3. The van der Waals surface area contributed by atoms with Crippen LogP contribution < -0.4 is 0 Å². The van der Waals surface area contributed by atoms with E-state index >= 15 is 0 Å². The third-order valence-corrected chi connectivity index (χ3v) is 2.27. The Morgan fingerprint density at radius 2 is 1.80 bits per heavy atom. The number of aliphatic hydroxyl groups is 1. The van der Waals surface area contributed by atoms with E-state index in [2.05, 4.69) is 0 Å². The SMILES string of the molecule is CC(=O)[C@H]1CC[C@H](O)CC1. The Hall–Kier alpha value is -0.370. The minimum Gasteiger partial charge on any atom is -0.393 e. The minimum atomic E-state index is -0.143. The van der Waals surface area contributed by atoms with Crippen LogP contribution in [0.4, 0.5) is 0 Å². The van der Waals surface area contributed by atoms with Crippen LogP contribution in [0.3, 0.4) is 0 Å². The monoisotopic (exact) mass is 142 g/mol. The van der Waals surface area contributed by atoms with Gasteiger partial charge in [-0.2, -0.15) is 0 Å². The summed E-state index contributed by atoms with van der Waals surface area (Å²) in [5.41, 5.74) is 0. The first-order valence-electron chi connectivity index (χ1n) is 3.88. The number of carbonyl (C=O) groups excluding carboxylic acids is 1. The molecular weight excluding hydrogens is 128 g/mol. The van der Waals surface area contributed by atoms with E-state index < -0.39 is 0 Å². The van der Waals surface area contributed by atoms with Gasteiger partial charge in [-0.05, 0) is 32.6 Å². The molecule has 0 heterocycles. The lowest BCUT2D eigenvalue weighted by Gasteiger charge is -2.22. The van der Waals surface area contributed by atoms with Gasteiger partial charge in [-0.25, -0.2) is 0 Å². The molecule has 0 aromatic carbocycles. The van der Waals surface area contributed by atoms with Crippen LogP contribution >= 0.6 is 0 Å². The second-order valence-corrected chi connectivity index (χ2v) is 3.12. The standard InChI is InChI=1S/C8H14O2/c1-6(9)7-2-4-8(10)5-3-7/h7-8,10H,2-5H2,1H3/t7-,8-. The van der Waals surface area contributed by atoms with Crippen LogP contribution in [-0.4, -0.2) is 17.0 Å². The van der Waals surface area contributed by atoms with Crippen molar-refractivity contribution in [3.05, 3.63) is 0 Å². The summed E-state index contributed by atoms with van der Waals surface area (Å²) in [5.74, 6) is 0.523. The van der Waals surface area contributed by atoms with Crippen LogP contribution in [0.5, 0.6) is 0 Å². The second kappa shape index (κ2) is 3.15. The van der Waals surface area contributed by atoms with Crippen molar-refractivity contribution in [3.63, 3.8) is 0 Å². The molecule has 1 aliphatic carbocycles. The van der Waals surface area contributed by atoms with Crippen molar-refractivity contribution in [2.24, 2.45) is 5.92 Å². The van der Waals surface area contributed by atoms with Gasteiger partial charge in [0.05, 0.1) is 6.10 Å². The lowest BCUT2D eigenvalue weighted by Crippen LogP contribution is -2.22. The van der Waals surface area contributed by atoms with Gasteiger partial charge in [0.2, 0.25) is 0 Å². The molecule has 1 rings (SSSR count). The molecule has 0 bridgehead atoms. The molecule has 0 spiro atoms. The number of Topliss-reactive ketones (excluding diaryl/α,β-unsaturated/α-hetero) is 1. The zero-order valence-corrected chi connectivity index (χ0v) is 6.34. The van der Waals surface area contributed by atoms with Crippen molar-refractivity contribution in [2.75, 3.05) is 0 Å².